The van der Waals surface area contributed by atoms with Crippen molar-refractivity contribution < 1.29 is 0 Å². The largest absolute Gasteiger partial charge is 0.256 e. The van der Waals surface area contributed by atoms with Crippen LogP contribution in [0.25, 0.3) is 32.8 Å². The standard InChI is InChI=1S/C26H29NSi/c1-26(2,3)24-17-20(15-18-9-7-8-10-22(18)24)25-23-12-11-21(28(4,5)6)16-19(23)13-14-27-25/h7-17H,1-6H3. The molecule has 1 aromatic heterocycles. The number of benzene rings is 3. The van der Waals surface area contributed by atoms with Crippen LogP contribution in [0.5, 0.6) is 0 Å². The summed E-state index contributed by atoms with van der Waals surface area (Å²) >= 11 is 0. The van der Waals surface area contributed by atoms with Gasteiger partial charge in [0.05, 0.1) is 13.8 Å². The third-order valence-corrected chi connectivity index (χ3v) is 7.62. The van der Waals surface area contributed by atoms with E-state index in [2.05, 4.69) is 101 Å². The van der Waals surface area contributed by atoms with Gasteiger partial charge >= 0.3 is 0 Å². The van der Waals surface area contributed by atoms with E-state index in [-0.39, 0.29) is 5.41 Å². The molecule has 4 rings (SSSR count). The number of rotatable bonds is 2. The number of fused-ring (bicyclic) bond motifs is 2. The van der Waals surface area contributed by atoms with E-state index in [1.807, 2.05) is 6.20 Å². The minimum Gasteiger partial charge on any atom is -0.256 e. The topological polar surface area (TPSA) is 12.9 Å². The maximum Gasteiger partial charge on any atom is 0.0780 e. The normalized spacial score (nSPS) is 12.6. The SMILES string of the molecule is CC(C)(C)c1cc(-c2nccc3cc([Si](C)(C)C)ccc23)cc2ccccc12. The van der Waals surface area contributed by atoms with Gasteiger partial charge in [-0.15, -0.1) is 0 Å². The minimum absolute atomic E-state index is 0.0746. The molecule has 28 heavy (non-hydrogen) atoms. The molecule has 0 amide bonds. The van der Waals surface area contributed by atoms with Gasteiger partial charge in [-0.25, -0.2) is 0 Å². The summed E-state index contributed by atoms with van der Waals surface area (Å²) < 4.78 is 0. The van der Waals surface area contributed by atoms with E-state index in [9.17, 15) is 0 Å². The average molecular weight is 384 g/mol. The lowest BCUT2D eigenvalue weighted by Gasteiger charge is -2.23. The fourth-order valence-electron chi connectivity index (χ4n) is 3.94. The number of hydrogen-bond donors (Lipinski definition) is 0. The molecule has 1 heterocycles. The zero-order valence-corrected chi connectivity index (χ0v) is 18.8. The lowest BCUT2D eigenvalue weighted by Crippen LogP contribution is -2.37. The number of nitrogens with zero attached hydrogens (tertiary/aromatic N) is 1. The zero-order chi connectivity index (χ0) is 20.1. The highest BCUT2D eigenvalue weighted by Crippen LogP contribution is 2.36. The predicted molar refractivity (Wildman–Crippen MR) is 126 cm³/mol. The molecule has 4 aromatic rings. The molecule has 0 aliphatic heterocycles. The van der Waals surface area contributed by atoms with Crippen molar-refractivity contribution >= 4 is 34.8 Å². The fraction of sp³-hybridized carbons (Fsp3) is 0.269. The van der Waals surface area contributed by atoms with Gasteiger partial charge in [-0.1, -0.05) is 88.1 Å². The molecule has 0 saturated carbocycles. The van der Waals surface area contributed by atoms with Gasteiger partial charge in [-0.05, 0) is 45.3 Å². The van der Waals surface area contributed by atoms with E-state index >= 15 is 0 Å². The van der Waals surface area contributed by atoms with Crippen LogP contribution in [-0.2, 0) is 5.41 Å². The monoisotopic (exact) mass is 383 g/mol. The molecular weight excluding hydrogens is 354 g/mol. The van der Waals surface area contributed by atoms with Gasteiger partial charge in [-0.3, -0.25) is 4.98 Å². The van der Waals surface area contributed by atoms with Gasteiger partial charge in [0.25, 0.3) is 0 Å². The van der Waals surface area contributed by atoms with Crippen molar-refractivity contribution in [2.75, 3.05) is 0 Å². The Morgan fingerprint density at radius 1 is 0.750 bits per heavy atom. The van der Waals surface area contributed by atoms with Gasteiger partial charge in [0.1, 0.15) is 0 Å². The second-order valence-corrected chi connectivity index (χ2v) is 14.9. The molecule has 0 unspecified atom stereocenters. The molecule has 142 valence electrons. The average Bonchev–Trinajstić information content (AvgIpc) is 2.64. The maximum absolute atomic E-state index is 4.81. The highest BCUT2D eigenvalue weighted by atomic mass is 28.3. The lowest BCUT2D eigenvalue weighted by atomic mass is 9.82. The summed E-state index contributed by atoms with van der Waals surface area (Å²) in [6.45, 7) is 14.1. The first kappa shape index (κ1) is 18.9. The van der Waals surface area contributed by atoms with E-state index in [4.69, 9.17) is 4.98 Å². The van der Waals surface area contributed by atoms with Gasteiger partial charge in [0, 0.05) is 17.1 Å². The minimum atomic E-state index is -1.34. The van der Waals surface area contributed by atoms with E-state index < -0.39 is 8.07 Å². The lowest BCUT2D eigenvalue weighted by molar-refractivity contribution is 0.596. The molecule has 1 nitrogen and oxygen atoms in total. The summed E-state index contributed by atoms with van der Waals surface area (Å²) in [4.78, 5) is 4.81. The van der Waals surface area contributed by atoms with Crippen molar-refractivity contribution in [3.05, 3.63) is 72.4 Å². The van der Waals surface area contributed by atoms with Crippen LogP contribution in [0.2, 0.25) is 19.6 Å². The van der Waals surface area contributed by atoms with Crippen LogP contribution in [-0.4, -0.2) is 13.1 Å². The van der Waals surface area contributed by atoms with E-state index in [1.54, 1.807) is 0 Å². The van der Waals surface area contributed by atoms with Gasteiger partial charge in [-0.2, -0.15) is 0 Å². The first-order valence-corrected chi connectivity index (χ1v) is 13.6. The van der Waals surface area contributed by atoms with Gasteiger partial charge < -0.3 is 0 Å². The van der Waals surface area contributed by atoms with E-state index in [0.29, 0.717) is 0 Å². The van der Waals surface area contributed by atoms with Gasteiger partial charge in [0.15, 0.2) is 0 Å². The molecule has 0 atom stereocenters. The van der Waals surface area contributed by atoms with Crippen molar-refractivity contribution in [3.8, 4) is 11.3 Å². The molecular formula is C26H29NSi. The maximum atomic E-state index is 4.81. The Balaban J connectivity index is 1.99. The number of pyridine rings is 1. The molecule has 0 bridgehead atoms. The summed E-state index contributed by atoms with van der Waals surface area (Å²) in [6.07, 6.45) is 1.96. The summed E-state index contributed by atoms with van der Waals surface area (Å²) in [5, 5.41) is 6.63. The molecule has 0 fully saturated rings. The second-order valence-electron chi connectivity index (χ2n) is 9.84. The van der Waals surface area contributed by atoms with Crippen molar-refractivity contribution in [1.82, 2.24) is 4.98 Å². The number of aromatic nitrogens is 1. The molecule has 0 radical (unpaired) electrons. The fourth-order valence-corrected chi connectivity index (χ4v) is 5.11. The first-order chi connectivity index (χ1) is 13.1. The Morgan fingerprint density at radius 3 is 2.18 bits per heavy atom. The third-order valence-electron chi connectivity index (χ3n) is 5.57. The van der Waals surface area contributed by atoms with Gasteiger partial charge in [0.2, 0.25) is 0 Å². The summed E-state index contributed by atoms with van der Waals surface area (Å²) in [5.41, 5.74) is 3.73. The Hall–Kier alpha value is -2.45. The predicted octanol–water partition coefficient (Wildman–Crippen LogP) is 6.90. The molecule has 0 aliphatic carbocycles. The third kappa shape index (κ3) is 3.38. The summed E-state index contributed by atoms with van der Waals surface area (Å²) in [5.74, 6) is 0. The van der Waals surface area contributed by atoms with E-state index in [0.717, 1.165) is 5.69 Å². The highest BCUT2D eigenvalue weighted by molar-refractivity contribution is 6.88. The van der Waals surface area contributed by atoms with Crippen molar-refractivity contribution in [3.63, 3.8) is 0 Å². The quantitative estimate of drug-likeness (QED) is 0.343. The Bertz CT molecular complexity index is 1180. The van der Waals surface area contributed by atoms with Crippen molar-refractivity contribution in [2.45, 2.75) is 45.8 Å². The smallest absolute Gasteiger partial charge is 0.0780 e. The van der Waals surface area contributed by atoms with Crippen LogP contribution in [0.1, 0.15) is 26.3 Å². The van der Waals surface area contributed by atoms with Crippen LogP contribution in [0.3, 0.4) is 0 Å². The van der Waals surface area contributed by atoms with Crippen LogP contribution in [0.4, 0.5) is 0 Å². The second kappa shape index (κ2) is 6.56. The van der Waals surface area contributed by atoms with Crippen molar-refractivity contribution in [2.24, 2.45) is 0 Å². The van der Waals surface area contributed by atoms with Crippen LogP contribution in [0.15, 0.2) is 66.9 Å². The molecule has 2 heteroatoms. The van der Waals surface area contributed by atoms with Crippen LogP contribution >= 0.6 is 0 Å². The molecule has 0 N–H and O–H groups in total. The molecule has 0 aliphatic rings. The summed E-state index contributed by atoms with van der Waals surface area (Å²) in [6, 6.07) is 22.4. The van der Waals surface area contributed by atoms with Crippen LogP contribution < -0.4 is 5.19 Å². The zero-order valence-electron chi connectivity index (χ0n) is 17.8. The molecule has 0 spiro atoms. The Morgan fingerprint density at radius 2 is 1.46 bits per heavy atom. The highest BCUT2D eigenvalue weighted by Gasteiger charge is 2.20. The summed E-state index contributed by atoms with van der Waals surface area (Å²) in [7, 11) is -1.34. The number of hydrogen-bond acceptors (Lipinski definition) is 1. The first-order valence-electron chi connectivity index (χ1n) is 10.1. The van der Waals surface area contributed by atoms with Crippen LogP contribution in [0, 0.1) is 0 Å². The van der Waals surface area contributed by atoms with Crippen molar-refractivity contribution in [1.29, 1.82) is 0 Å². The molecule has 0 saturated heterocycles. The Kier molecular flexibility index (Phi) is 4.43. The Labute approximate surface area is 169 Å². The molecule has 3 aromatic carbocycles. The van der Waals surface area contributed by atoms with E-state index in [1.165, 1.54) is 37.9 Å².